The van der Waals surface area contributed by atoms with Crippen molar-refractivity contribution in [1.82, 2.24) is 4.90 Å². The highest BCUT2D eigenvalue weighted by Gasteiger charge is 2.44. The van der Waals surface area contributed by atoms with E-state index in [0.29, 0.717) is 18.4 Å². The Morgan fingerprint density at radius 2 is 1.46 bits per heavy atom. The van der Waals surface area contributed by atoms with Crippen LogP contribution in [0.15, 0.2) is 36.2 Å². The van der Waals surface area contributed by atoms with Gasteiger partial charge in [-0.1, -0.05) is 51.9 Å². The molecule has 12 heteroatoms. The van der Waals surface area contributed by atoms with Gasteiger partial charge in [-0.15, -0.1) is 0 Å². The molecule has 0 spiro atoms. The largest absolute Gasteiger partial charge is 0.496 e. The number of benzene rings is 1. The number of hydrogen-bond donors (Lipinski definition) is 4. The molecule has 0 unspecified atom stereocenters. The van der Waals surface area contributed by atoms with Crippen molar-refractivity contribution < 1.29 is 42.2 Å². The Bertz CT molecular complexity index is 948. The summed E-state index contributed by atoms with van der Waals surface area (Å²) in [7, 11) is -10.3. The Kier molecular flexibility index (Phi) is 11.6. The predicted octanol–water partition coefficient (Wildman–Crippen LogP) is 5.34. The molecule has 0 saturated heterocycles. The summed E-state index contributed by atoms with van der Waals surface area (Å²) in [5.41, 5.74) is 0.444. The predicted molar refractivity (Wildman–Crippen MR) is 130 cm³/mol. The van der Waals surface area contributed by atoms with Crippen molar-refractivity contribution in [3.05, 3.63) is 53.4 Å². The molecule has 198 valence electrons. The second-order valence-corrected chi connectivity index (χ2v) is 12.8. The Labute approximate surface area is 205 Å². The van der Waals surface area contributed by atoms with Crippen LogP contribution < -0.4 is 0 Å². The third-order valence-corrected chi connectivity index (χ3v) is 9.34. The lowest BCUT2D eigenvalue weighted by Gasteiger charge is -2.31. The molecule has 0 aliphatic carbocycles. The van der Waals surface area contributed by atoms with Gasteiger partial charge in [0.2, 0.25) is 0 Å². The highest BCUT2D eigenvalue weighted by atomic mass is 31.2. The molecule has 0 amide bonds. The van der Waals surface area contributed by atoms with Crippen LogP contribution in [-0.4, -0.2) is 49.6 Å². The number of hydrogen-bond acceptors (Lipinski definition) is 4. The normalized spacial score (nSPS) is 14.8. The molecule has 0 aromatic heterocycles. The number of allylic oxidation sites excluding steroid dienone is 2. The highest BCUT2D eigenvalue weighted by Crippen LogP contribution is 2.60. The standard InChI is InChI=1S/C23H35F2NO7P2/c1-2-3-4-5-6-7-8-9-10-33-22-13-19(18-11-20(24)14-21(25)12-18)15-26(16-22)17-23(34(27,28)29)35(30,31)32/h11-15,23H,2-10,16-17H2,1H3,(H2,27,28,29)(H2,30,31,32). The zero-order valence-electron chi connectivity index (χ0n) is 19.9. The minimum Gasteiger partial charge on any atom is -0.496 e. The van der Waals surface area contributed by atoms with E-state index < -0.39 is 38.8 Å². The van der Waals surface area contributed by atoms with E-state index in [4.69, 9.17) is 4.74 Å². The van der Waals surface area contributed by atoms with Gasteiger partial charge in [0, 0.05) is 24.4 Å². The maximum absolute atomic E-state index is 13.8. The van der Waals surface area contributed by atoms with E-state index in [0.717, 1.165) is 37.8 Å². The highest BCUT2D eigenvalue weighted by molar-refractivity contribution is 7.70. The van der Waals surface area contributed by atoms with Crippen molar-refractivity contribution >= 4 is 20.8 Å². The molecule has 0 radical (unpaired) electrons. The van der Waals surface area contributed by atoms with Crippen molar-refractivity contribution in [1.29, 1.82) is 0 Å². The monoisotopic (exact) mass is 537 g/mol. The molecule has 1 aliphatic heterocycles. The molecule has 4 N–H and O–H groups in total. The minimum atomic E-state index is -5.15. The Morgan fingerprint density at radius 3 is 2.00 bits per heavy atom. The first-order valence-electron chi connectivity index (χ1n) is 11.8. The first kappa shape index (κ1) is 29.7. The van der Waals surface area contributed by atoms with Crippen LogP contribution in [0.4, 0.5) is 8.78 Å². The van der Waals surface area contributed by atoms with E-state index in [2.05, 4.69) is 6.92 Å². The van der Waals surface area contributed by atoms with E-state index in [1.54, 1.807) is 6.08 Å². The first-order valence-corrected chi connectivity index (χ1v) is 15.1. The van der Waals surface area contributed by atoms with Gasteiger partial charge in [0.05, 0.1) is 13.2 Å². The summed E-state index contributed by atoms with van der Waals surface area (Å²) in [6.07, 6.45) is 11.8. The Hall–Kier alpha value is -1.54. The fourth-order valence-electron chi connectivity index (χ4n) is 3.84. The van der Waals surface area contributed by atoms with Crippen LogP contribution in [0.25, 0.3) is 5.57 Å². The molecule has 8 nitrogen and oxygen atoms in total. The maximum Gasteiger partial charge on any atom is 0.342 e. The van der Waals surface area contributed by atoms with Crippen LogP contribution in [0.2, 0.25) is 0 Å². The zero-order valence-corrected chi connectivity index (χ0v) is 21.6. The third-order valence-electron chi connectivity index (χ3n) is 5.65. The van der Waals surface area contributed by atoms with Crippen molar-refractivity contribution in [3.63, 3.8) is 0 Å². The molecule has 0 fully saturated rings. The van der Waals surface area contributed by atoms with Gasteiger partial charge in [0.15, 0.2) is 5.40 Å². The summed E-state index contributed by atoms with van der Waals surface area (Å²) >= 11 is 0. The van der Waals surface area contributed by atoms with Crippen molar-refractivity contribution in [3.8, 4) is 0 Å². The van der Waals surface area contributed by atoms with Crippen LogP contribution in [0.1, 0.15) is 63.9 Å². The van der Waals surface area contributed by atoms with Crippen molar-refractivity contribution in [2.45, 2.75) is 63.7 Å². The number of halogens is 2. The molecule has 35 heavy (non-hydrogen) atoms. The van der Waals surface area contributed by atoms with E-state index >= 15 is 0 Å². The van der Waals surface area contributed by atoms with Crippen molar-refractivity contribution in [2.24, 2.45) is 0 Å². The smallest absolute Gasteiger partial charge is 0.342 e. The number of rotatable bonds is 15. The zero-order chi connectivity index (χ0) is 26.1. The number of unbranched alkanes of at least 4 members (excludes halogenated alkanes) is 7. The third kappa shape index (κ3) is 10.5. The Balaban J connectivity index is 2.11. The molecule has 0 saturated carbocycles. The fourth-order valence-corrected chi connectivity index (χ4v) is 6.25. The molecule has 0 atom stereocenters. The number of ether oxygens (including phenoxy) is 1. The first-order chi connectivity index (χ1) is 16.4. The Morgan fingerprint density at radius 1 is 0.914 bits per heavy atom. The van der Waals surface area contributed by atoms with Gasteiger partial charge in [-0.2, -0.15) is 0 Å². The molecule has 0 bridgehead atoms. The molecule has 1 aliphatic rings. The lowest BCUT2D eigenvalue weighted by Crippen LogP contribution is -2.32. The maximum atomic E-state index is 13.8. The molecule has 1 aromatic carbocycles. The van der Waals surface area contributed by atoms with Gasteiger partial charge in [-0.05, 0) is 30.2 Å². The van der Waals surface area contributed by atoms with Gasteiger partial charge in [-0.3, -0.25) is 9.13 Å². The van der Waals surface area contributed by atoms with Gasteiger partial charge in [0.1, 0.15) is 17.4 Å². The lowest BCUT2D eigenvalue weighted by molar-refractivity contribution is 0.177. The van der Waals surface area contributed by atoms with Gasteiger partial charge in [-0.25, -0.2) is 8.78 Å². The van der Waals surface area contributed by atoms with E-state index in [9.17, 15) is 37.5 Å². The molecule has 2 rings (SSSR count). The lowest BCUT2D eigenvalue weighted by atomic mass is 10.0. The second-order valence-electron chi connectivity index (χ2n) is 8.76. The quantitative estimate of drug-likeness (QED) is 0.174. The average molecular weight is 537 g/mol. The summed E-state index contributed by atoms with van der Waals surface area (Å²) in [6, 6.07) is 2.90. The van der Waals surface area contributed by atoms with Gasteiger partial charge >= 0.3 is 15.2 Å². The minimum absolute atomic E-state index is 0.00514. The second kappa shape index (κ2) is 13.7. The molecular weight excluding hydrogens is 502 g/mol. The fraction of sp³-hybridized carbons (Fsp3) is 0.565. The summed E-state index contributed by atoms with van der Waals surface area (Å²) in [6.45, 7) is 1.87. The van der Waals surface area contributed by atoms with E-state index in [1.165, 1.54) is 36.8 Å². The van der Waals surface area contributed by atoms with Gasteiger partial charge < -0.3 is 29.2 Å². The van der Waals surface area contributed by atoms with E-state index in [-0.39, 0.29) is 17.7 Å². The topological polar surface area (TPSA) is 128 Å². The SMILES string of the molecule is CCCCCCCCCCOC1=CC(c2cc(F)cc(F)c2)=CN(CC(P(=O)(O)O)P(=O)(O)O)C1. The van der Waals surface area contributed by atoms with E-state index in [1.807, 2.05) is 0 Å². The molecule has 1 heterocycles. The summed E-state index contributed by atoms with van der Waals surface area (Å²) < 4.78 is 56.9. The summed E-state index contributed by atoms with van der Waals surface area (Å²) in [5, 5.41) is -2.25. The van der Waals surface area contributed by atoms with Crippen molar-refractivity contribution in [2.75, 3.05) is 19.7 Å². The van der Waals surface area contributed by atoms with Crippen LogP contribution in [0.5, 0.6) is 0 Å². The van der Waals surface area contributed by atoms with Crippen LogP contribution in [0.3, 0.4) is 0 Å². The van der Waals surface area contributed by atoms with Crippen LogP contribution in [0, 0.1) is 11.6 Å². The number of nitrogens with zero attached hydrogens (tertiary/aromatic N) is 1. The summed E-state index contributed by atoms with van der Waals surface area (Å²) in [5.74, 6) is -1.25. The molecule has 1 aromatic rings. The summed E-state index contributed by atoms with van der Waals surface area (Å²) in [4.78, 5) is 39.2. The van der Waals surface area contributed by atoms with Crippen LogP contribution in [-0.2, 0) is 13.9 Å². The van der Waals surface area contributed by atoms with Crippen LogP contribution >= 0.6 is 15.2 Å². The average Bonchev–Trinajstić information content (AvgIpc) is 2.74. The van der Waals surface area contributed by atoms with Gasteiger partial charge in [0.25, 0.3) is 0 Å². The molecular formula is C23H35F2NO7P2.